The Balaban J connectivity index is 2.11. The number of aliphatic hydroxyl groups excluding tert-OH is 1. The van der Waals surface area contributed by atoms with E-state index in [1.165, 1.54) is 4.90 Å². The van der Waals surface area contributed by atoms with Gasteiger partial charge in [-0.1, -0.05) is 32.0 Å². The summed E-state index contributed by atoms with van der Waals surface area (Å²) in [6, 6.07) is 11.8. The second kappa shape index (κ2) is 10.7. The Hall–Kier alpha value is -3.32. The maximum absolute atomic E-state index is 13.2. The monoisotopic (exact) mass is 466 g/mol. The molecule has 1 unspecified atom stereocenters. The zero-order chi connectivity index (χ0) is 25.0. The number of rotatable bonds is 9. The van der Waals surface area contributed by atoms with Gasteiger partial charge in [0.2, 0.25) is 0 Å². The normalized spacial score (nSPS) is 17.6. The molecule has 0 spiro atoms. The van der Waals surface area contributed by atoms with Crippen molar-refractivity contribution in [2.45, 2.75) is 26.8 Å². The molecule has 1 fully saturated rings. The summed E-state index contributed by atoms with van der Waals surface area (Å²) in [7, 11) is 5.35. The highest BCUT2D eigenvalue weighted by Gasteiger charge is 2.46. The number of ether oxygens (including phenoxy) is 2. The van der Waals surface area contributed by atoms with Gasteiger partial charge in [0.05, 0.1) is 25.3 Å². The molecule has 7 heteroatoms. The van der Waals surface area contributed by atoms with E-state index in [9.17, 15) is 14.7 Å². The number of aryl methyl sites for hydroxylation is 1. The maximum Gasteiger partial charge on any atom is 0.295 e. The molecule has 0 bridgehead atoms. The predicted octanol–water partition coefficient (Wildman–Crippen LogP) is 4.02. The van der Waals surface area contributed by atoms with Crippen LogP contribution in [0.4, 0.5) is 0 Å². The number of hydrogen-bond acceptors (Lipinski definition) is 6. The van der Waals surface area contributed by atoms with Crippen molar-refractivity contribution < 1.29 is 24.2 Å². The van der Waals surface area contributed by atoms with E-state index in [1.54, 1.807) is 31.4 Å². The molecule has 1 heterocycles. The average molecular weight is 467 g/mol. The van der Waals surface area contributed by atoms with E-state index in [1.807, 2.05) is 44.1 Å². The molecule has 3 rings (SSSR count). The molecule has 1 atom stereocenters. The van der Waals surface area contributed by atoms with Crippen molar-refractivity contribution in [2.24, 2.45) is 5.92 Å². The SMILES string of the molecule is COc1ccccc1C1/C(=C(\O)c2ccc(OCC(C)C)c(C)c2)C(=O)C(=O)N1CCN(C)C. The first-order valence-corrected chi connectivity index (χ1v) is 11.5. The minimum Gasteiger partial charge on any atom is -0.507 e. The summed E-state index contributed by atoms with van der Waals surface area (Å²) >= 11 is 0. The Labute approximate surface area is 201 Å². The van der Waals surface area contributed by atoms with Crippen LogP contribution in [0.2, 0.25) is 0 Å². The molecule has 1 saturated heterocycles. The van der Waals surface area contributed by atoms with Gasteiger partial charge in [0.1, 0.15) is 17.3 Å². The van der Waals surface area contributed by atoms with Crippen molar-refractivity contribution in [1.29, 1.82) is 0 Å². The zero-order valence-electron chi connectivity index (χ0n) is 20.8. The van der Waals surface area contributed by atoms with Crippen LogP contribution in [0.15, 0.2) is 48.0 Å². The molecule has 1 aliphatic heterocycles. The molecule has 1 aliphatic rings. The fourth-order valence-electron chi connectivity index (χ4n) is 4.00. The first-order valence-electron chi connectivity index (χ1n) is 11.5. The standard InChI is InChI=1S/C27H34N2O5/c1-17(2)16-34-21-12-11-19(15-18(21)3)25(30)23-24(20-9-7-8-10-22(20)33-6)29(14-13-28(4)5)27(32)26(23)31/h7-12,15,17,24,30H,13-14,16H2,1-6H3/b25-23+. The van der Waals surface area contributed by atoms with Crippen molar-refractivity contribution in [1.82, 2.24) is 9.80 Å². The number of amides is 1. The average Bonchev–Trinajstić information content (AvgIpc) is 3.05. The van der Waals surface area contributed by atoms with Crippen molar-refractivity contribution in [2.75, 3.05) is 40.9 Å². The van der Waals surface area contributed by atoms with Crippen molar-refractivity contribution in [3.05, 3.63) is 64.7 Å². The molecule has 7 nitrogen and oxygen atoms in total. The van der Waals surface area contributed by atoms with Crippen LogP contribution in [0.5, 0.6) is 11.5 Å². The molecule has 34 heavy (non-hydrogen) atoms. The van der Waals surface area contributed by atoms with Crippen LogP contribution in [0.3, 0.4) is 0 Å². The number of hydrogen-bond donors (Lipinski definition) is 1. The minimum absolute atomic E-state index is 0.0588. The smallest absolute Gasteiger partial charge is 0.295 e. The number of aliphatic hydroxyl groups is 1. The number of nitrogens with zero attached hydrogens (tertiary/aromatic N) is 2. The van der Waals surface area contributed by atoms with Gasteiger partial charge < -0.3 is 24.4 Å². The summed E-state index contributed by atoms with van der Waals surface area (Å²) in [5.41, 5.74) is 2.00. The Morgan fingerprint density at radius 3 is 2.44 bits per heavy atom. The van der Waals surface area contributed by atoms with Crippen LogP contribution in [0.1, 0.15) is 36.6 Å². The molecule has 0 saturated carbocycles. The number of likely N-dealkylation sites (N-methyl/N-ethyl adjacent to an activating group) is 1. The van der Waals surface area contributed by atoms with E-state index in [-0.39, 0.29) is 11.3 Å². The number of methoxy groups -OCH3 is 1. The second-order valence-corrected chi connectivity index (χ2v) is 9.22. The Bertz CT molecular complexity index is 1090. The van der Waals surface area contributed by atoms with Crippen molar-refractivity contribution >= 4 is 17.4 Å². The lowest BCUT2D eigenvalue weighted by molar-refractivity contribution is -0.140. The van der Waals surface area contributed by atoms with Crippen molar-refractivity contribution in [3.63, 3.8) is 0 Å². The van der Waals surface area contributed by atoms with E-state index in [0.29, 0.717) is 42.5 Å². The van der Waals surface area contributed by atoms with E-state index in [0.717, 1.165) is 11.3 Å². The molecule has 1 amide bonds. The van der Waals surface area contributed by atoms with Gasteiger partial charge >= 0.3 is 0 Å². The topological polar surface area (TPSA) is 79.3 Å². The lowest BCUT2D eigenvalue weighted by Crippen LogP contribution is -2.35. The van der Waals surface area contributed by atoms with Crippen LogP contribution in [-0.2, 0) is 9.59 Å². The quantitative estimate of drug-likeness (QED) is 0.342. The first kappa shape index (κ1) is 25.3. The van der Waals surface area contributed by atoms with Crippen molar-refractivity contribution in [3.8, 4) is 11.5 Å². The summed E-state index contributed by atoms with van der Waals surface area (Å²) in [6.07, 6.45) is 0. The fourth-order valence-corrected chi connectivity index (χ4v) is 4.00. The van der Waals surface area contributed by atoms with Crippen LogP contribution >= 0.6 is 0 Å². The Kier molecular flexibility index (Phi) is 7.99. The third-order valence-electron chi connectivity index (χ3n) is 5.78. The molecule has 0 radical (unpaired) electrons. The maximum atomic E-state index is 13.2. The third kappa shape index (κ3) is 5.25. The van der Waals surface area contributed by atoms with Gasteiger partial charge in [-0.2, -0.15) is 0 Å². The lowest BCUT2D eigenvalue weighted by Gasteiger charge is -2.27. The molecule has 182 valence electrons. The number of ketones is 1. The molecule has 0 aromatic heterocycles. The molecule has 1 N–H and O–H groups in total. The molecule has 2 aromatic carbocycles. The second-order valence-electron chi connectivity index (χ2n) is 9.22. The van der Waals surface area contributed by atoms with Gasteiger partial charge in [0.25, 0.3) is 11.7 Å². The van der Waals surface area contributed by atoms with Crippen LogP contribution < -0.4 is 9.47 Å². The third-order valence-corrected chi connectivity index (χ3v) is 5.78. The highest BCUT2D eigenvalue weighted by atomic mass is 16.5. The number of benzene rings is 2. The fraction of sp³-hybridized carbons (Fsp3) is 0.407. The van der Waals surface area contributed by atoms with Gasteiger partial charge in [-0.15, -0.1) is 0 Å². The van der Waals surface area contributed by atoms with Gasteiger partial charge in [-0.05, 0) is 56.8 Å². The Morgan fingerprint density at radius 2 is 1.82 bits per heavy atom. The number of likely N-dealkylation sites (tertiary alicyclic amines) is 1. The van der Waals surface area contributed by atoms with Gasteiger partial charge in [-0.25, -0.2) is 0 Å². The highest BCUT2D eigenvalue weighted by Crippen LogP contribution is 2.42. The summed E-state index contributed by atoms with van der Waals surface area (Å²) in [5.74, 6) is 0.103. The van der Waals surface area contributed by atoms with Crippen LogP contribution in [0.25, 0.3) is 5.76 Å². The predicted molar refractivity (Wildman–Crippen MR) is 132 cm³/mol. The number of carbonyl (C=O) groups is 2. The number of carbonyl (C=O) groups excluding carboxylic acids is 2. The summed E-state index contributed by atoms with van der Waals surface area (Å²) < 4.78 is 11.4. The molecular weight excluding hydrogens is 432 g/mol. The summed E-state index contributed by atoms with van der Waals surface area (Å²) in [5, 5.41) is 11.3. The summed E-state index contributed by atoms with van der Waals surface area (Å²) in [6.45, 7) is 7.51. The zero-order valence-corrected chi connectivity index (χ0v) is 20.8. The summed E-state index contributed by atoms with van der Waals surface area (Å²) in [4.78, 5) is 29.7. The number of para-hydroxylation sites is 1. The van der Waals surface area contributed by atoms with E-state index >= 15 is 0 Å². The number of Topliss-reactive ketones (excluding diaryl/α,β-unsaturated/α-hetero) is 1. The highest BCUT2D eigenvalue weighted by molar-refractivity contribution is 6.46. The van der Waals surface area contributed by atoms with Crippen LogP contribution in [0, 0.1) is 12.8 Å². The lowest BCUT2D eigenvalue weighted by atomic mass is 9.94. The van der Waals surface area contributed by atoms with Crippen LogP contribution in [-0.4, -0.2) is 67.5 Å². The Morgan fingerprint density at radius 1 is 1.12 bits per heavy atom. The van der Waals surface area contributed by atoms with Gasteiger partial charge in [0.15, 0.2) is 0 Å². The minimum atomic E-state index is -0.756. The molecular formula is C27H34N2O5. The van der Waals surface area contributed by atoms with E-state index < -0.39 is 17.7 Å². The molecule has 2 aromatic rings. The van der Waals surface area contributed by atoms with Gasteiger partial charge in [0, 0.05) is 24.2 Å². The van der Waals surface area contributed by atoms with Gasteiger partial charge in [-0.3, -0.25) is 9.59 Å². The largest absolute Gasteiger partial charge is 0.507 e. The first-order chi connectivity index (χ1) is 16.1. The van der Waals surface area contributed by atoms with E-state index in [2.05, 4.69) is 13.8 Å². The molecule has 0 aliphatic carbocycles. The van der Waals surface area contributed by atoms with E-state index in [4.69, 9.17) is 9.47 Å².